The van der Waals surface area contributed by atoms with Crippen LogP contribution in [0.15, 0.2) is 24.3 Å². The van der Waals surface area contributed by atoms with E-state index >= 15 is 0 Å². The highest BCUT2D eigenvalue weighted by molar-refractivity contribution is 5.90. The molecule has 0 fully saturated rings. The van der Waals surface area contributed by atoms with E-state index in [9.17, 15) is 14.7 Å². The molecular formula is C34H63NO6. The molecule has 41 heavy (non-hydrogen) atoms. The molecule has 1 rings (SSSR count). The molecule has 0 bridgehead atoms. The second-order valence-electron chi connectivity index (χ2n) is 12.0. The molecule has 0 atom stereocenters. The maximum atomic E-state index is 10.7. The molecule has 1 aromatic carbocycles. The minimum absolute atomic E-state index is 0.178. The summed E-state index contributed by atoms with van der Waals surface area (Å²) in [5.74, 6) is -2.28. The van der Waals surface area contributed by atoms with Crippen molar-refractivity contribution < 1.29 is 34.5 Å². The summed E-state index contributed by atoms with van der Waals surface area (Å²) in [6.07, 6.45) is 26.1. The Morgan fingerprint density at radius 3 is 1.27 bits per heavy atom. The monoisotopic (exact) mass is 581 g/mol. The Hall–Kier alpha value is -2.12. The lowest BCUT2D eigenvalue weighted by Crippen LogP contribution is -2.36. The van der Waals surface area contributed by atoms with E-state index in [2.05, 4.69) is 28.1 Å². The fourth-order valence-electron chi connectivity index (χ4n) is 4.30. The highest BCUT2D eigenvalue weighted by atomic mass is 16.4. The zero-order valence-corrected chi connectivity index (χ0v) is 26.9. The molecule has 0 amide bonds. The maximum absolute atomic E-state index is 10.7. The molecule has 7 nitrogen and oxygen atoms in total. The summed E-state index contributed by atoms with van der Waals surface area (Å²) >= 11 is 0. The van der Waals surface area contributed by atoms with Crippen molar-refractivity contribution >= 4 is 11.9 Å². The largest absolute Gasteiger partial charge is 0.872 e. The summed E-state index contributed by atoms with van der Waals surface area (Å²) in [6.45, 7) is 3.40. The topological polar surface area (TPSA) is 118 Å². The molecule has 0 spiro atoms. The van der Waals surface area contributed by atoms with Gasteiger partial charge in [-0.3, -0.25) is 4.79 Å². The van der Waals surface area contributed by atoms with E-state index in [1.165, 1.54) is 133 Å². The predicted molar refractivity (Wildman–Crippen MR) is 168 cm³/mol. The van der Waals surface area contributed by atoms with Crippen LogP contribution in [0.5, 0.6) is 5.75 Å². The lowest BCUT2D eigenvalue weighted by Gasteiger charge is -2.21. The van der Waals surface area contributed by atoms with Crippen LogP contribution >= 0.6 is 0 Å². The van der Waals surface area contributed by atoms with Crippen LogP contribution in [0, 0.1) is 0 Å². The van der Waals surface area contributed by atoms with Crippen LogP contribution in [-0.2, 0) is 4.79 Å². The molecule has 1 aromatic rings. The molecule has 0 saturated heterocycles. The number of benzene rings is 1. The molecule has 0 radical (unpaired) electrons. The highest BCUT2D eigenvalue weighted by Gasteiger charge is 2.02. The molecule has 3 N–H and O–H groups in total. The summed E-state index contributed by atoms with van der Waals surface area (Å²) in [5.41, 5.74) is -0.178. The minimum Gasteiger partial charge on any atom is -0.872 e. The third-order valence-electron chi connectivity index (χ3n) is 6.88. The van der Waals surface area contributed by atoms with Crippen LogP contribution in [0.25, 0.3) is 0 Å². The number of para-hydroxylation sites is 1. The highest BCUT2D eigenvalue weighted by Crippen LogP contribution is 2.15. The van der Waals surface area contributed by atoms with Gasteiger partial charge in [-0.2, -0.15) is 0 Å². The van der Waals surface area contributed by atoms with Crippen molar-refractivity contribution in [3.63, 3.8) is 0 Å². The molecule has 7 heteroatoms. The zero-order valence-electron chi connectivity index (χ0n) is 26.9. The Morgan fingerprint density at radius 1 is 0.659 bits per heavy atom. The van der Waals surface area contributed by atoms with E-state index < -0.39 is 17.7 Å². The second-order valence-corrected chi connectivity index (χ2v) is 12.0. The number of nitrogens with zero attached hydrogens (tertiary/aromatic N) is 1. The van der Waals surface area contributed by atoms with Crippen molar-refractivity contribution in [2.45, 2.75) is 135 Å². The Bertz CT molecular complexity index is 732. The van der Waals surface area contributed by atoms with E-state index in [0.29, 0.717) is 6.42 Å². The summed E-state index contributed by atoms with van der Waals surface area (Å²) in [7, 11) is 6.16. The fourth-order valence-corrected chi connectivity index (χ4v) is 4.30. The quantitative estimate of drug-likeness (QED) is 0.0889. The molecule has 0 heterocycles. The lowest BCUT2D eigenvalue weighted by atomic mass is 10.0. The van der Waals surface area contributed by atoms with Crippen molar-refractivity contribution in [3.8, 4) is 5.75 Å². The molecule has 240 valence electrons. The molecule has 0 aliphatic rings. The van der Waals surface area contributed by atoms with Gasteiger partial charge < -0.3 is 24.9 Å². The maximum Gasteiger partial charge on any atom is 0.335 e. The number of carbonyl (C=O) groups is 2. The summed E-state index contributed by atoms with van der Waals surface area (Å²) in [4.78, 5) is 20.6. The van der Waals surface area contributed by atoms with Crippen molar-refractivity contribution in [1.82, 2.24) is 0 Å². The van der Waals surface area contributed by atoms with Crippen LogP contribution in [0.2, 0.25) is 0 Å². The first-order valence-corrected chi connectivity index (χ1v) is 16.2. The van der Waals surface area contributed by atoms with Crippen molar-refractivity contribution in [2.75, 3.05) is 34.3 Å². The third kappa shape index (κ3) is 34.0. The Labute approximate surface area is 251 Å². The Balaban J connectivity index is 0. The number of quaternary nitrogens is 1. The number of aromatic carboxylic acids is 1. The van der Waals surface area contributed by atoms with E-state index in [0.717, 1.165) is 23.9 Å². The van der Waals surface area contributed by atoms with Crippen LogP contribution in [0.1, 0.15) is 146 Å². The normalized spacial score (nSPS) is 10.8. The average Bonchev–Trinajstić information content (AvgIpc) is 2.90. The number of hydrogen-bond acceptors (Lipinski definition) is 4. The number of aliphatic hydroxyl groups is 1. The van der Waals surface area contributed by atoms with Crippen LogP contribution in [0.4, 0.5) is 0 Å². The van der Waals surface area contributed by atoms with Gasteiger partial charge in [0.1, 0.15) is 6.54 Å². The van der Waals surface area contributed by atoms with Gasteiger partial charge in [0.05, 0.1) is 33.3 Å². The number of rotatable bonds is 23. The lowest BCUT2D eigenvalue weighted by molar-refractivity contribution is -0.870. The van der Waals surface area contributed by atoms with Gasteiger partial charge in [-0.25, -0.2) is 4.79 Å². The van der Waals surface area contributed by atoms with Crippen LogP contribution < -0.4 is 5.11 Å². The molecule has 0 aliphatic heterocycles. The molecule has 0 aliphatic carbocycles. The van der Waals surface area contributed by atoms with Gasteiger partial charge in [-0.1, -0.05) is 146 Å². The van der Waals surface area contributed by atoms with Crippen LogP contribution in [-0.4, -0.2) is 66.0 Å². The van der Waals surface area contributed by atoms with Gasteiger partial charge in [-0.05, 0) is 12.5 Å². The van der Waals surface area contributed by atoms with Crippen molar-refractivity contribution in [1.29, 1.82) is 0 Å². The predicted octanol–water partition coefficient (Wildman–Crippen LogP) is 8.04. The zero-order chi connectivity index (χ0) is 31.2. The second kappa shape index (κ2) is 29.4. The van der Waals surface area contributed by atoms with Gasteiger partial charge in [-0.15, -0.1) is 0 Å². The Kier molecular flexibility index (Phi) is 29.4. The van der Waals surface area contributed by atoms with E-state index in [-0.39, 0.29) is 12.2 Å². The fraction of sp³-hybridized carbons (Fsp3) is 0.765. The SMILES string of the molecule is CCCCCCCCCCCCCCCCCCCCCC(=O)O.C[N+](C)(C)CCO.O=C(O)c1ccccc1[O-]. The first-order chi connectivity index (χ1) is 19.5. The van der Waals surface area contributed by atoms with E-state index in [4.69, 9.17) is 15.3 Å². The third-order valence-corrected chi connectivity index (χ3v) is 6.88. The van der Waals surface area contributed by atoms with E-state index in [1.807, 2.05) is 0 Å². The summed E-state index contributed by atoms with van der Waals surface area (Å²) in [5, 5.41) is 36.0. The number of unbranched alkanes of at least 4 members (excludes halogenated alkanes) is 18. The first kappa shape index (κ1) is 41.0. The molecule has 0 saturated carbocycles. The van der Waals surface area contributed by atoms with E-state index in [1.54, 1.807) is 0 Å². The number of aliphatic carboxylic acids is 1. The number of carboxylic acid groups (broad SMARTS) is 2. The summed E-state index contributed by atoms with van der Waals surface area (Å²) < 4.78 is 0.844. The number of hydrogen-bond donors (Lipinski definition) is 3. The van der Waals surface area contributed by atoms with Crippen molar-refractivity contribution in [2.24, 2.45) is 0 Å². The standard InChI is InChI=1S/C22H44O2.C7H6O3.C5H14NO/c1-2-3-4-5-6-7-8-9-10-11-12-13-14-15-16-17-18-19-20-21-22(23)24;8-6-4-2-1-3-5(6)7(9)10;1-6(2,3)4-5-7/h2-21H2,1H3,(H,23,24);1-4,8H,(H,9,10);7H,4-5H2,1-3H3/q;;+1/p-1. The Morgan fingerprint density at radius 2 is 1.02 bits per heavy atom. The average molecular weight is 582 g/mol. The molecule has 0 aromatic heterocycles. The first-order valence-electron chi connectivity index (χ1n) is 16.2. The smallest absolute Gasteiger partial charge is 0.335 e. The minimum atomic E-state index is -1.18. The number of aliphatic hydroxyl groups excluding tert-OH is 1. The van der Waals surface area contributed by atoms with Gasteiger partial charge in [0.15, 0.2) is 0 Å². The van der Waals surface area contributed by atoms with Gasteiger partial charge >= 0.3 is 11.9 Å². The van der Waals surface area contributed by atoms with Crippen LogP contribution in [0.3, 0.4) is 0 Å². The van der Waals surface area contributed by atoms with Crippen molar-refractivity contribution in [3.05, 3.63) is 29.8 Å². The summed E-state index contributed by atoms with van der Waals surface area (Å²) in [6, 6.07) is 5.54. The van der Waals surface area contributed by atoms with Gasteiger partial charge in [0.25, 0.3) is 0 Å². The number of likely N-dealkylation sites (N-methyl/N-ethyl adjacent to an activating group) is 1. The van der Waals surface area contributed by atoms with Gasteiger partial charge in [0, 0.05) is 6.42 Å². The molecule has 0 unspecified atom stereocenters. The molecular weight excluding hydrogens is 518 g/mol. The number of carboxylic acids is 2. The van der Waals surface area contributed by atoms with Gasteiger partial charge in [0.2, 0.25) is 0 Å².